The average Bonchev–Trinajstić information content (AvgIpc) is 2.77. The van der Waals surface area contributed by atoms with Gasteiger partial charge in [0, 0.05) is 10.0 Å². The molecule has 0 aliphatic heterocycles. The molecule has 0 radical (unpaired) electrons. The highest BCUT2D eigenvalue weighted by Gasteiger charge is 2.08. The lowest BCUT2D eigenvalue weighted by Gasteiger charge is -2.11. The fourth-order valence-electron chi connectivity index (χ4n) is 3.19. The molecule has 140 valence electrons. The third-order valence-electron chi connectivity index (χ3n) is 4.69. The molecule has 0 saturated heterocycles. The summed E-state index contributed by atoms with van der Waals surface area (Å²) in [4.78, 5) is 0. The molecule has 0 saturated carbocycles. The molecule has 0 fully saturated rings. The van der Waals surface area contributed by atoms with Gasteiger partial charge in [-0.15, -0.1) is 0 Å². The van der Waals surface area contributed by atoms with Crippen LogP contribution in [0.5, 0.6) is 5.75 Å². The summed E-state index contributed by atoms with van der Waals surface area (Å²) >= 11 is 3.53. The van der Waals surface area contributed by atoms with E-state index in [0.29, 0.717) is 12.2 Å². The summed E-state index contributed by atoms with van der Waals surface area (Å²) < 4.78 is 6.99. The number of fused-ring (bicyclic) bond motifs is 1. The fourth-order valence-corrected chi connectivity index (χ4v) is 3.57. The number of nitriles is 1. The summed E-state index contributed by atoms with van der Waals surface area (Å²) in [5, 5.41) is 12.1. The molecule has 0 heterocycles. The molecule has 0 amide bonds. The average molecular weight is 440 g/mol. The Kier molecular flexibility index (Phi) is 5.74. The number of ether oxygens (including phenoxy) is 1. The lowest BCUT2D eigenvalue weighted by Crippen LogP contribution is -1.97. The second-order valence-electron chi connectivity index (χ2n) is 6.69. The highest BCUT2D eigenvalue weighted by molar-refractivity contribution is 9.10. The quantitative estimate of drug-likeness (QED) is 0.242. The molecule has 0 bridgehead atoms. The molecule has 29 heavy (non-hydrogen) atoms. The van der Waals surface area contributed by atoms with Gasteiger partial charge in [0.15, 0.2) is 0 Å². The van der Waals surface area contributed by atoms with Gasteiger partial charge in [0.2, 0.25) is 0 Å². The molecule has 0 spiro atoms. The topological polar surface area (TPSA) is 33.0 Å². The van der Waals surface area contributed by atoms with E-state index in [1.165, 1.54) is 0 Å². The standard InChI is InChI=1S/C26H18BrNO/c27-25-12-13-26(29-18-19-6-2-1-3-7-19)23(16-25)15-24(17-28)22-11-10-20-8-4-5-9-21(20)14-22/h1-16H,18H2/b24-15-. The zero-order valence-corrected chi connectivity index (χ0v) is 17.3. The minimum Gasteiger partial charge on any atom is -0.488 e. The van der Waals surface area contributed by atoms with Crippen molar-refractivity contribution >= 4 is 38.4 Å². The molecule has 3 heteroatoms. The van der Waals surface area contributed by atoms with Crippen LogP contribution in [-0.2, 0) is 6.61 Å². The van der Waals surface area contributed by atoms with Crippen LogP contribution in [0, 0.1) is 11.3 Å². The summed E-state index contributed by atoms with van der Waals surface area (Å²) in [6.45, 7) is 0.473. The van der Waals surface area contributed by atoms with E-state index in [1.54, 1.807) is 0 Å². The predicted octanol–water partition coefficient (Wildman–Crippen LogP) is 7.25. The van der Waals surface area contributed by atoms with E-state index in [-0.39, 0.29) is 0 Å². The van der Waals surface area contributed by atoms with E-state index in [9.17, 15) is 5.26 Å². The summed E-state index contributed by atoms with van der Waals surface area (Å²) in [5.41, 5.74) is 3.44. The molecule has 0 aliphatic rings. The molecule has 0 atom stereocenters. The van der Waals surface area contributed by atoms with Crippen molar-refractivity contribution in [2.45, 2.75) is 6.61 Å². The Hall–Kier alpha value is -3.35. The Labute approximate surface area is 178 Å². The van der Waals surface area contributed by atoms with Crippen molar-refractivity contribution < 1.29 is 4.74 Å². The lowest BCUT2D eigenvalue weighted by atomic mass is 10.00. The first-order valence-electron chi connectivity index (χ1n) is 9.30. The van der Waals surface area contributed by atoms with Crippen LogP contribution >= 0.6 is 15.9 Å². The van der Waals surface area contributed by atoms with E-state index in [2.05, 4.69) is 34.1 Å². The largest absolute Gasteiger partial charge is 0.488 e. The maximum Gasteiger partial charge on any atom is 0.127 e. The van der Waals surface area contributed by atoms with Crippen molar-refractivity contribution in [2.24, 2.45) is 0 Å². The first-order valence-corrected chi connectivity index (χ1v) is 10.1. The van der Waals surface area contributed by atoms with Crippen LogP contribution < -0.4 is 4.74 Å². The maximum absolute atomic E-state index is 9.81. The Morgan fingerprint density at radius 2 is 1.62 bits per heavy atom. The molecule has 2 nitrogen and oxygen atoms in total. The van der Waals surface area contributed by atoms with Crippen molar-refractivity contribution in [3.05, 3.63) is 112 Å². The predicted molar refractivity (Wildman–Crippen MR) is 122 cm³/mol. The molecule has 0 aromatic heterocycles. The second-order valence-corrected chi connectivity index (χ2v) is 7.60. The van der Waals surface area contributed by atoms with Crippen LogP contribution in [0.3, 0.4) is 0 Å². The van der Waals surface area contributed by atoms with Crippen molar-refractivity contribution in [1.82, 2.24) is 0 Å². The monoisotopic (exact) mass is 439 g/mol. The minimum absolute atomic E-state index is 0.473. The van der Waals surface area contributed by atoms with Gasteiger partial charge in [-0.2, -0.15) is 5.26 Å². The summed E-state index contributed by atoms with van der Waals surface area (Å²) in [5.74, 6) is 0.741. The SMILES string of the molecule is N#C/C(=C/c1cc(Br)ccc1OCc1ccccc1)c1ccc2ccccc2c1. The lowest BCUT2D eigenvalue weighted by molar-refractivity contribution is 0.305. The van der Waals surface area contributed by atoms with E-state index >= 15 is 0 Å². The molecular formula is C26H18BrNO. The first kappa shape index (κ1) is 19.0. The van der Waals surface area contributed by atoms with Crippen molar-refractivity contribution in [2.75, 3.05) is 0 Å². The zero-order valence-electron chi connectivity index (χ0n) is 15.7. The zero-order chi connectivity index (χ0) is 20.1. The van der Waals surface area contributed by atoms with Gasteiger partial charge < -0.3 is 4.74 Å². The molecule has 4 aromatic rings. The Bertz CT molecular complexity index is 1220. The van der Waals surface area contributed by atoms with Gasteiger partial charge in [0.25, 0.3) is 0 Å². The van der Waals surface area contributed by atoms with Gasteiger partial charge in [-0.25, -0.2) is 0 Å². The summed E-state index contributed by atoms with van der Waals surface area (Å²) in [7, 11) is 0. The van der Waals surface area contributed by atoms with Gasteiger partial charge >= 0.3 is 0 Å². The highest BCUT2D eigenvalue weighted by atomic mass is 79.9. The number of benzene rings is 4. The van der Waals surface area contributed by atoms with Gasteiger partial charge in [-0.1, -0.05) is 82.7 Å². The Morgan fingerprint density at radius 1 is 0.862 bits per heavy atom. The molecule has 0 unspecified atom stereocenters. The van der Waals surface area contributed by atoms with Crippen molar-refractivity contribution in [3.8, 4) is 11.8 Å². The first-order chi connectivity index (χ1) is 14.2. The van der Waals surface area contributed by atoms with Crippen molar-refractivity contribution in [1.29, 1.82) is 5.26 Å². The number of halogens is 1. The van der Waals surface area contributed by atoms with E-state index in [1.807, 2.05) is 84.9 Å². The normalized spacial score (nSPS) is 11.2. The number of rotatable bonds is 5. The number of hydrogen-bond acceptors (Lipinski definition) is 2. The second kappa shape index (κ2) is 8.77. The minimum atomic E-state index is 0.473. The van der Waals surface area contributed by atoms with Gasteiger partial charge in [-0.3, -0.25) is 0 Å². The molecule has 0 N–H and O–H groups in total. The van der Waals surface area contributed by atoms with Crippen LogP contribution in [0.4, 0.5) is 0 Å². The molecule has 0 aliphatic carbocycles. The van der Waals surface area contributed by atoms with E-state index < -0.39 is 0 Å². The fraction of sp³-hybridized carbons (Fsp3) is 0.0385. The number of nitrogens with zero attached hydrogens (tertiary/aromatic N) is 1. The van der Waals surface area contributed by atoms with Crippen LogP contribution in [-0.4, -0.2) is 0 Å². The van der Waals surface area contributed by atoms with Crippen molar-refractivity contribution in [3.63, 3.8) is 0 Å². The Balaban J connectivity index is 1.69. The maximum atomic E-state index is 9.81. The molecule has 4 aromatic carbocycles. The van der Waals surface area contributed by atoms with Crippen LogP contribution in [0.25, 0.3) is 22.4 Å². The smallest absolute Gasteiger partial charge is 0.127 e. The van der Waals surface area contributed by atoms with E-state index in [4.69, 9.17) is 4.74 Å². The van der Waals surface area contributed by atoms with Crippen LogP contribution in [0.1, 0.15) is 16.7 Å². The van der Waals surface area contributed by atoms with Crippen LogP contribution in [0.2, 0.25) is 0 Å². The third-order valence-corrected chi connectivity index (χ3v) is 5.18. The molecule has 4 rings (SSSR count). The summed E-state index contributed by atoms with van der Waals surface area (Å²) in [6, 6.07) is 32.4. The van der Waals surface area contributed by atoms with Gasteiger partial charge in [0.05, 0.1) is 11.6 Å². The van der Waals surface area contributed by atoms with Gasteiger partial charge in [-0.05, 0) is 52.2 Å². The highest BCUT2D eigenvalue weighted by Crippen LogP contribution is 2.29. The van der Waals surface area contributed by atoms with Gasteiger partial charge in [0.1, 0.15) is 12.4 Å². The third kappa shape index (κ3) is 4.56. The summed E-state index contributed by atoms with van der Waals surface area (Å²) in [6.07, 6.45) is 1.88. The Morgan fingerprint density at radius 3 is 2.41 bits per heavy atom. The number of allylic oxidation sites excluding steroid dienone is 1. The van der Waals surface area contributed by atoms with E-state index in [0.717, 1.165) is 37.7 Å². The van der Waals surface area contributed by atoms with Crippen LogP contribution in [0.15, 0.2) is 95.5 Å². The number of hydrogen-bond donors (Lipinski definition) is 0. The molecular weight excluding hydrogens is 422 g/mol.